The van der Waals surface area contributed by atoms with Crippen molar-refractivity contribution in [1.82, 2.24) is 18.9 Å². The highest BCUT2D eigenvalue weighted by atomic mass is 19.4. The van der Waals surface area contributed by atoms with Gasteiger partial charge in [-0.05, 0) is 49.2 Å². The minimum absolute atomic E-state index is 0.00389. The molecule has 38 heavy (non-hydrogen) atoms. The molecule has 4 rings (SSSR count). The van der Waals surface area contributed by atoms with Gasteiger partial charge in [-0.15, -0.1) is 0 Å². The fourth-order valence-corrected chi connectivity index (χ4v) is 4.15. The van der Waals surface area contributed by atoms with Crippen LogP contribution in [0, 0.1) is 13.5 Å². The lowest BCUT2D eigenvalue weighted by molar-refractivity contribution is -0.138. The Morgan fingerprint density at radius 2 is 1.79 bits per heavy atom. The lowest BCUT2D eigenvalue weighted by Gasteiger charge is -2.18. The first-order chi connectivity index (χ1) is 17.9. The Balaban J connectivity index is 2.05. The molecule has 2 aromatic heterocycles. The van der Waals surface area contributed by atoms with E-state index < -0.39 is 29.0 Å². The number of hydrogen-bond acceptors (Lipinski definition) is 4. The number of carboxylic acid groups (broad SMARTS) is 1. The fourth-order valence-electron chi connectivity index (χ4n) is 4.15. The highest BCUT2D eigenvalue weighted by Crippen LogP contribution is 2.32. The number of aromatic nitrogens is 4. The Hall–Kier alpha value is -4.92. The van der Waals surface area contributed by atoms with E-state index in [0.717, 1.165) is 27.3 Å². The van der Waals surface area contributed by atoms with Crippen LogP contribution in [0.25, 0.3) is 27.5 Å². The van der Waals surface area contributed by atoms with Gasteiger partial charge < -0.3 is 5.11 Å². The third kappa shape index (κ3) is 4.73. The highest BCUT2D eigenvalue weighted by Gasteiger charge is 2.31. The lowest BCUT2D eigenvalue weighted by atomic mass is 10.0. The molecule has 0 aliphatic rings. The molecule has 0 atom stereocenters. The Morgan fingerprint density at radius 1 is 1.11 bits per heavy atom. The Morgan fingerprint density at radius 3 is 2.39 bits per heavy atom. The van der Waals surface area contributed by atoms with Crippen LogP contribution in [-0.2, 0) is 24.4 Å². The SMILES string of the molecule is [C-]#[N+]c1ccc(-n2ncc(CCC(=O)O)c2-c2c(C)n(-c3cccc(C(F)(F)F)c3)c(=O)n(C)c2=O)cc1. The molecule has 2 aromatic carbocycles. The summed E-state index contributed by atoms with van der Waals surface area (Å²) in [6.45, 7) is 8.58. The molecule has 0 spiro atoms. The van der Waals surface area contributed by atoms with Gasteiger partial charge in [0.25, 0.3) is 5.56 Å². The second-order valence-electron chi connectivity index (χ2n) is 8.44. The van der Waals surface area contributed by atoms with Crippen molar-refractivity contribution in [3.63, 3.8) is 0 Å². The molecule has 0 unspecified atom stereocenters. The predicted molar refractivity (Wildman–Crippen MR) is 132 cm³/mol. The number of carboxylic acids is 1. The molecule has 0 radical (unpaired) electrons. The molecule has 0 fully saturated rings. The predicted octanol–water partition coefficient (Wildman–Crippen LogP) is 4.28. The molecule has 0 amide bonds. The zero-order chi connectivity index (χ0) is 27.8. The molecule has 0 aliphatic heterocycles. The highest BCUT2D eigenvalue weighted by molar-refractivity contribution is 5.71. The van der Waals surface area contributed by atoms with Crippen molar-refractivity contribution < 1.29 is 23.1 Å². The largest absolute Gasteiger partial charge is 0.481 e. The zero-order valence-electron chi connectivity index (χ0n) is 20.2. The van der Waals surface area contributed by atoms with Gasteiger partial charge in [0.2, 0.25) is 0 Å². The first kappa shape index (κ1) is 26.2. The average Bonchev–Trinajstić information content (AvgIpc) is 3.29. The van der Waals surface area contributed by atoms with Gasteiger partial charge in [-0.3, -0.25) is 18.7 Å². The molecular formula is C26H20F3N5O4. The number of nitrogens with zero attached hydrogens (tertiary/aromatic N) is 5. The summed E-state index contributed by atoms with van der Waals surface area (Å²) in [6.07, 6.45) is -3.53. The first-order valence-electron chi connectivity index (χ1n) is 11.2. The summed E-state index contributed by atoms with van der Waals surface area (Å²) in [6, 6.07) is 10.4. The van der Waals surface area contributed by atoms with E-state index in [2.05, 4.69) is 9.94 Å². The van der Waals surface area contributed by atoms with E-state index in [4.69, 9.17) is 6.57 Å². The quantitative estimate of drug-likeness (QED) is 0.380. The molecule has 4 aromatic rings. The standard InChI is InChI=1S/C26H20F3N5O4/c1-15-22(24(37)32(3)25(38)33(15)20-6-4-5-17(13-20)26(27,28)29)23-16(7-12-21(35)36)14-31-34(23)19-10-8-18(30-2)9-11-19/h4-6,8-11,13-14H,7,12H2,1,3H3,(H,35,36). The van der Waals surface area contributed by atoms with E-state index in [1.54, 1.807) is 24.3 Å². The van der Waals surface area contributed by atoms with Gasteiger partial charge in [0.1, 0.15) is 0 Å². The van der Waals surface area contributed by atoms with Crippen LogP contribution in [0.2, 0.25) is 0 Å². The molecule has 12 heteroatoms. The van der Waals surface area contributed by atoms with Crippen molar-refractivity contribution in [2.75, 3.05) is 0 Å². The van der Waals surface area contributed by atoms with E-state index in [0.29, 0.717) is 16.9 Å². The molecular weight excluding hydrogens is 503 g/mol. The number of aryl methyl sites for hydroxylation is 1. The molecule has 0 saturated heterocycles. The molecule has 0 aliphatic carbocycles. The molecule has 0 saturated carbocycles. The minimum atomic E-state index is -4.66. The average molecular weight is 523 g/mol. The van der Waals surface area contributed by atoms with E-state index in [1.807, 2.05) is 0 Å². The van der Waals surface area contributed by atoms with Gasteiger partial charge in [-0.25, -0.2) is 14.3 Å². The minimum Gasteiger partial charge on any atom is -0.481 e. The van der Waals surface area contributed by atoms with Crippen molar-refractivity contribution in [3.05, 3.63) is 104 Å². The van der Waals surface area contributed by atoms with Gasteiger partial charge in [0, 0.05) is 19.2 Å². The number of halogens is 3. The van der Waals surface area contributed by atoms with Crippen molar-refractivity contribution in [1.29, 1.82) is 0 Å². The summed E-state index contributed by atoms with van der Waals surface area (Å²) in [7, 11) is 1.21. The monoisotopic (exact) mass is 523 g/mol. The Bertz CT molecular complexity index is 1710. The van der Waals surface area contributed by atoms with Crippen molar-refractivity contribution in [3.8, 4) is 22.6 Å². The van der Waals surface area contributed by atoms with Crippen LogP contribution in [-0.4, -0.2) is 30.0 Å². The number of alkyl halides is 3. The maximum absolute atomic E-state index is 13.5. The Labute approximate surface area is 213 Å². The van der Waals surface area contributed by atoms with E-state index in [-0.39, 0.29) is 35.5 Å². The first-order valence-corrected chi connectivity index (χ1v) is 11.2. The molecule has 9 nitrogen and oxygen atoms in total. The summed E-state index contributed by atoms with van der Waals surface area (Å²) in [4.78, 5) is 41.2. The van der Waals surface area contributed by atoms with E-state index in [9.17, 15) is 32.7 Å². The number of carbonyl (C=O) groups is 1. The van der Waals surface area contributed by atoms with E-state index in [1.165, 1.54) is 30.9 Å². The van der Waals surface area contributed by atoms with Crippen LogP contribution in [0.5, 0.6) is 0 Å². The molecule has 194 valence electrons. The van der Waals surface area contributed by atoms with Crippen LogP contribution in [0.1, 0.15) is 23.2 Å². The summed E-state index contributed by atoms with van der Waals surface area (Å²) >= 11 is 0. The van der Waals surface area contributed by atoms with Crippen LogP contribution in [0.3, 0.4) is 0 Å². The maximum Gasteiger partial charge on any atom is 0.416 e. The number of benzene rings is 2. The van der Waals surface area contributed by atoms with E-state index >= 15 is 0 Å². The molecule has 1 N–H and O–H groups in total. The second-order valence-corrected chi connectivity index (χ2v) is 8.44. The Kier molecular flexibility index (Phi) is 6.78. The third-order valence-corrected chi connectivity index (χ3v) is 6.04. The lowest BCUT2D eigenvalue weighted by Crippen LogP contribution is -2.40. The third-order valence-electron chi connectivity index (χ3n) is 6.04. The van der Waals surface area contributed by atoms with Crippen LogP contribution >= 0.6 is 0 Å². The van der Waals surface area contributed by atoms with Gasteiger partial charge in [0.05, 0.1) is 41.0 Å². The maximum atomic E-state index is 13.5. The van der Waals surface area contributed by atoms with Crippen molar-refractivity contribution in [2.24, 2.45) is 7.05 Å². The number of aliphatic carboxylic acids is 1. The van der Waals surface area contributed by atoms with Crippen molar-refractivity contribution in [2.45, 2.75) is 25.9 Å². The zero-order valence-corrected chi connectivity index (χ0v) is 20.2. The van der Waals surface area contributed by atoms with Gasteiger partial charge >= 0.3 is 17.8 Å². The van der Waals surface area contributed by atoms with Gasteiger partial charge in [-0.1, -0.05) is 18.2 Å². The van der Waals surface area contributed by atoms with Crippen LogP contribution in [0.4, 0.5) is 18.9 Å². The second kappa shape index (κ2) is 9.85. The topological polar surface area (TPSA) is 103 Å². The number of hydrogen-bond donors (Lipinski definition) is 1. The smallest absolute Gasteiger partial charge is 0.416 e. The van der Waals surface area contributed by atoms with Crippen LogP contribution < -0.4 is 11.2 Å². The molecule has 0 bridgehead atoms. The fraction of sp³-hybridized carbons (Fsp3) is 0.192. The summed E-state index contributed by atoms with van der Waals surface area (Å²) < 4.78 is 43.4. The molecule has 2 heterocycles. The number of rotatable bonds is 6. The normalized spacial score (nSPS) is 11.4. The van der Waals surface area contributed by atoms with Crippen molar-refractivity contribution >= 4 is 11.7 Å². The van der Waals surface area contributed by atoms with Gasteiger partial charge in [-0.2, -0.15) is 18.3 Å². The summed E-state index contributed by atoms with van der Waals surface area (Å²) in [5.41, 5.74) is -1.24. The summed E-state index contributed by atoms with van der Waals surface area (Å²) in [5, 5.41) is 13.6. The van der Waals surface area contributed by atoms with Gasteiger partial charge in [0.15, 0.2) is 5.69 Å². The van der Waals surface area contributed by atoms with Crippen LogP contribution in [0.15, 0.2) is 64.3 Å². The summed E-state index contributed by atoms with van der Waals surface area (Å²) in [5.74, 6) is -1.08.